The van der Waals surface area contributed by atoms with Crippen molar-refractivity contribution in [3.63, 3.8) is 0 Å². The summed E-state index contributed by atoms with van der Waals surface area (Å²) in [6, 6.07) is 10.0. The summed E-state index contributed by atoms with van der Waals surface area (Å²) in [6.07, 6.45) is -1.34. The Kier molecular flexibility index (Phi) is 9.79. The van der Waals surface area contributed by atoms with Crippen molar-refractivity contribution in [3.8, 4) is 28.6 Å². The molecule has 1 aromatic heterocycles. The summed E-state index contributed by atoms with van der Waals surface area (Å²) in [5.74, 6) is 0.835. The summed E-state index contributed by atoms with van der Waals surface area (Å²) in [5, 5.41) is 25.8. The Morgan fingerprint density at radius 2 is 1.78 bits per heavy atom. The van der Waals surface area contributed by atoms with E-state index in [1.54, 1.807) is 0 Å². The van der Waals surface area contributed by atoms with Gasteiger partial charge >= 0.3 is 0 Å². The molecular formula is C28H38N4O5. The first-order valence-corrected chi connectivity index (χ1v) is 12.7. The van der Waals surface area contributed by atoms with E-state index in [4.69, 9.17) is 14.4 Å². The van der Waals surface area contributed by atoms with Gasteiger partial charge in [-0.25, -0.2) is 0 Å². The van der Waals surface area contributed by atoms with Gasteiger partial charge in [0, 0.05) is 17.7 Å². The van der Waals surface area contributed by atoms with Gasteiger partial charge in [0.25, 0.3) is 5.89 Å². The zero-order valence-corrected chi connectivity index (χ0v) is 22.5. The van der Waals surface area contributed by atoms with Gasteiger partial charge < -0.3 is 24.8 Å². The molecule has 0 saturated heterocycles. The van der Waals surface area contributed by atoms with Gasteiger partial charge in [-0.2, -0.15) is 4.98 Å². The van der Waals surface area contributed by atoms with Crippen LogP contribution in [0.2, 0.25) is 0 Å². The molecule has 3 aromatic rings. The SMILES string of the molecule is CCc1cc(-c2noc(-c3ccc(CN(CC)CC)c(C)c3)n2)cc(C)c1OC(NC(=O)CO)[C@H](C)O. The van der Waals surface area contributed by atoms with E-state index in [0.717, 1.165) is 41.9 Å². The molecule has 1 unspecified atom stereocenters. The van der Waals surface area contributed by atoms with Crippen LogP contribution in [0.1, 0.15) is 49.9 Å². The predicted molar refractivity (Wildman–Crippen MR) is 142 cm³/mol. The highest BCUT2D eigenvalue weighted by Crippen LogP contribution is 2.32. The third kappa shape index (κ3) is 6.94. The lowest BCUT2D eigenvalue weighted by molar-refractivity contribution is -0.128. The Labute approximate surface area is 218 Å². The van der Waals surface area contributed by atoms with Gasteiger partial charge in [0.2, 0.25) is 11.7 Å². The Bertz CT molecular complexity index is 1200. The molecule has 0 fully saturated rings. The van der Waals surface area contributed by atoms with Crippen LogP contribution in [0, 0.1) is 13.8 Å². The third-order valence-corrected chi connectivity index (χ3v) is 6.42. The maximum absolute atomic E-state index is 11.6. The van der Waals surface area contributed by atoms with Gasteiger partial charge in [0.15, 0.2) is 6.23 Å². The maximum atomic E-state index is 11.6. The zero-order chi connectivity index (χ0) is 27.1. The number of benzene rings is 2. The number of rotatable bonds is 12. The van der Waals surface area contributed by atoms with Crippen molar-refractivity contribution >= 4 is 5.91 Å². The number of aromatic nitrogens is 2. The van der Waals surface area contributed by atoms with E-state index in [1.807, 2.05) is 32.0 Å². The Morgan fingerprint density at radius 1 is 1.08 bits per heavy atom. The molecule has 0 radical (unpaired) electrons. The van der Waals surface area contributed by atoms with Crippen LogP contribution in [0.4, 0.5) is 0 Å². The lowest BCUT2D eigenvalue weighted by atomic mass is 10.0. The topological polar surface area (TPSA) is 121 Å². The molecule has 200 valence electrons. The molecule has 3 rings (SSSR count). The second-order valence-electron chi connectivity index (χ2n) is 9.17. The Morgan fingerprint density at radius 3 is 2.38 bits per heavy atom. The van der Waals surface area contributed by atoms with Crippen molar-refractivity contribution in [2.75, 3.05) is 19.7 Å². The van der Waals surface area contributed by atoms with Gasteiger partial charge in [-0.1, -0.05) is 32.0 Å². The highest BCUT2D eigenvalue weighted by Gasteiger charge is 2.22. The minimum atomic E-state index is -1.00. The van der Waals surface area contributed by atoms with E-state index >= 15 is 0 Å². The molecule has 9 nitrogen and oxygen atoms in total. The van der Waals surface area contributed by atoms with Gasteiger partial charge in [0.05, 0.1) is 0 Å². The number of carbonyl (C=O) groups is 1. The molecule has 37 heavy (non-hydrogen) atoms. The fourth-order valence-electron chi connectivity index (χ4n) is 4.14. The molecule has 0 aliphatic heterocycles. The van der Waals surface area contributed by atoms with Crippen LogP contribution in [0.3, 0.4) is 0 Å². The van der Waals surface area contributed by atoms with Crippen LogP contribution in [0.25, 0.3) is 22.8 Å². The van der Waals surface area contributed by atoms with Crippen molar-refractivity contribution in [2.24, 2.45) is 0 Å². The molecule has 0 aliphatic rings. The third-order valence-electron chi connectivity index (χ3n) is 6.42. The van der Waals surface area contributed by atoms with E-state index in [-0.39, 0.29) is 0 Å². The summed E-state index contributed by atoms with van der Waals surface area (Å²) in [6.45, 7) is 14.0. The van der Waals surface area contributed by atoms with Crippen LogP contribution < -0.4 is 10.1 Å². The summed E-state index contributed by atoms with van der Waals surface area (Å²) in [5.41, 5.74) is 5.75. The lowest BCUT2D eigenvalue weighted by Gasteiger charge is -2.25. The number of hydrogen-bond donors (Lipinski definition) is 3. The van der Waals surface area contributed by atoms with Gasteiger partial charge in [-0.15, -0.1) is 0 Å². The van der Waals surface area contributed by atoms with Crippen LogP contribution in [0.15, 0.2) is 34.9 Å². The number of ether oxygens (including phenoxy) is 1. The summed E-state index contributed by atoms with van der Waals surface area (Å²) in [7, 11) is 0. The van der Waals surface area contributed by atoms with Gasteiger partial charge in [-0.3, -0.25) is 9.69 Å². The molecule has 9 heteroatoms. The summed E-state index contributed by atoms with van der Waals surface area (Å²) < 4.78 is 11.6. The monoisotopic (exact) mass is 510 g/mol. The number of nitrogens with zero attached hydrogens (tertiary/aromatic N) is 3. The average molecular weight is 511 g/mol. The number of amides is 1. The number of aliphatic hydroxyl groups excluding tert-OH is 2. The van der Waals surface area contributed by atoms with E-state index < -0.39 is 24.8 Å². The molecule has 0 saturated carbocycles. The normalized spacial score (nSPS) is 13.0. The Balaban J connectivity index is 1.86. The molecule has 2 atom stereocenters. The number of carbonyl (C=O) groups excluding carboxylic acids is 1. The largest absolute Gasteiger partial charge is 0.467 e. The first kappa shape index (κ1) is 28.3. The minimum absolute atomic E-state index is 0.449. The van der Waals surface area contributed by atoms with Gasteiger partial charge in [-0.05, 0) is 86.8 Å². The van der Waals surface area contributed by atoms with Crippen molar-refractivity contribution in [3.05, 3.63) is 52.6 Å². The standard InChI is InChI=1S/C28H38N4O5/c1-7-20-14-23(13-18(5)25(20)36-27(19(6)34)29-24(35)16-33)26-30-28(37-31-26)21-10-11-22(17(4)12-21)15-32(8-2)9-3/h10-14,19,27,33-34H,7-9,15-16H2,1-6H3,(H,29,35)/t19-,27?/m0/s1. The summed E-state index contributed by atoms with van der Waals surface area (Å²) in [4.78, 5) is 18.7. The zero-order valence-electron chi connectivity index (χ0n) is 22.5. The van der Waals surface area contributed by atoms with Gasteiger partial charge in [0.1, 0.15) is 18.5 Å². The average Bonchev–Trinajstić information content (AvgIpc) is 3.38. The summed E-state index contributed by atoms with van der Waals surface area (Å²) >= 11 is 0. The molecular weight excluding hydrogens is 472 g/mol. The molecule has 3 N–H and O–H groups in total. The highest BCUT2D eigenvalue weighted by molar-refractivity contribution is 5.77. The second-order valence-corrected chi connectivity index (χ2v) is 9.17. The Hall–Kier alpha value is -3.27. The smallest absolute Gasteiger partial charge is 0.258 e. The molecule has 2 aromatic carbocycles. The van der Waals surface area contributed by atoms with E-state index in [2.05, 4.69) is 53.3 Å². The molecule has 0 bridgehead atoms. The van der Waals surface area contributed by atoms with E-state index in [0.29, 0.717) is 23.9 Å². The highest BCUT2D eigenvalue weighted by atomic mass is 16.5. The van der Waals surface area contributed by atoms with Crippen LogP contribution >= 0.6 is 0 Å². The van der Waals surface area contributed by atoms with Crippen molar-refractivity contribution in [1.82, 2.24) is 20.4 Å². The fraction of sp³-hybridized carbons (Fsp3) is 0.464. The fourth-order valence-corrected chi connectivity index (χ4v) is 4.14. The van der Waals surface area contributed by atoms with Crippen molar-refractivity contribution in [2.45, 2.75) is 66.8 Å². The van der Waals surface area contributed by atoms with Crippen LogP contribution in [-0.4, -0.2) is 63.2 Å². The number of nitrogens with one attached hydrogen (secondary N) is 1. The number of aliphatic hydroxyl groups is 2. The van der Waals surface area contributed by atoms with E-state index in [9.17, 15) is 9.90 Å². The quantitative estimate of drug-likeness (QED) is 0.316. The first-order valence-electron chi connectivity index (χ1n) is 12.7. The van der Waals surface area contributed by atoms with Crippen molar-refractivity contribution in [1.29, 1.82) is 0 Å². The van der Waals surface area contributed by atoms with Crippen LogP contribution in [-0.2, 0) is 17.8 Å². The molecule has 1 heterocycles. The molecule has 0 spiro atoms. The van der Waals surface area contributed by atoms with Crippen molar-refractivity contribution < 1.29 is 24.3 Å². The van der Waals surface area contributed by atoms with E-state index in [1.165, 1.54) is 18.1 Å². The first-order chi connectivity index (χ1) is 17.7. The lowest BCUT2D eigenvalue weighted by Crippen LogP contribution is -2.47. The number of hydrogen-bond acceptors (Lipinski definition) is 8. The molecule has 0 aliphatic carbocycles. The van der Waals surface area contributed by atoms with Crippen LogP contribution in [0.5, 0.6) is 5.75 Å². The number of aryl methyl sites for hydroxylation is 3. The predicted octanol–water partition coefficient (Wildman–Crippen LogP) is 3.62. The maximum Gasteiger partial charge on any atom is 0.258 e. The minimum Gasteiger partial charge on any atom is -0.467 e. The second kappa shape index (κ2) is 12.8. The molecule has 1 amide bonds.